The molecule has 0 bridgehead atoms. The van der Waals surface area contributed by atoms with Gasteiger partial charge in [0, 0.05) is 0 Å². The average molecular weight is 204 g/mol. The van der Waals surface area contributed by atoms with Crippen LogP contribution in [0.4, 0.5) is 0 Å². The molecule has 0 fully saturated rings. The highest BCUT2D eigenvalue weighted by Gasteiger charge is 1.85. The molecule has 0 nitrogen and oxygen atoms in total. The maximum atomic E-state index is 2.12. The normalized spacial score (nSPS) is 7.47. The Hall–Kier alpha value is -1.30. The lowest BCUT2D eigenvalue weighted by molar-refractivity contribution is 1.50. The predicted octanol–water partition coefficient (Wildman–Crippen LogP) is 5.53. The highest BCUT2D eigenvalue weighted by Crippen LogP contribution is 2.11. The molecule has 0 aliphatic rings. The van der Waals surface area contributed by atoms with Crippen LogP contribution >= 0.6 is 0 Å². The van der Waals surface area contributed by atoms with Crippen molar-refractivity contribution in [1.29, 1.82) is 0 Å². The summed E-state index contributed by atoms with van der Waals surface area (Å²) in [4.78, 5) is 0. The van der Waals surface area contributed by atoms with Crippen LogP contribution in [0.2, 0.25) is 0 Å². The molecule has 0 aliphatic heterocycles. The summed E-state index contributed by atoms with van der Waals surface area (Å²) in [7, 11) is 0. The molecule has 0 N–H and O–H groups in total. The van der Waals surface area contributed by atoms with Gasteiger partial charge < -0.3 is 0 Å². The van der Waals surface area contributed by atoms with Gasteiger partial charge in [0.05, 0.1) is 0 Å². The molecule has 0 aliphatic carbocycles. The van der Waals surface area contributed by atoms with Crippen LogP contribution in [0.5, 0.6) is 0 Å². The second-order valence-electron chi connectivity index (χ2n) is 2.35. The van der Waals surface area contributed by atoms with Gasteiger partial charge in [-0.1, -0.05) is 83.7 Å². The van der Waals surface area contributed by atoms with Crippen molar-refractivity contribution >= 4 is 10.8 Å². The molecular formula is C15H24. The van der Waals surface area contributed by atoms with Gasteiger partial charge in [0.25, 0.3) is 0 Å². The molecule has 2 rings (SSSR count). The fourth-order valence-corrected chi connectivity index (χ4v) is 1.13. The molecule has 0 saturated heterocycles. The van der Waals surface area contributed by atoms with Crippen LogP contribution in [0, 0.1) is 0 Å². The van der Waals surface area contributed by atoms with Crippen molar-refractivity contribution in [3.8, 4) is 0 Å². The van der Waals surface area contributed by atoms with E-state index in [1.54, 1.807) is 0 Å². The zero-order valence-corrected chi connectivity index (χ0v) is 9.62. The van der Waals surface area contributed by atoms with Crippen LogP contribution in [0.25, 0.3) is 10.8 Å². The molecule has 2 aromatic carbocycles. The zero-order chi connectivity index (χ0) is 10.8. The van der Waals surface area contributed by atoms with Gasteiger partial charge in [0.1, 0.15) is 0 Å². The highest BCUT2D eigenvalue weighted by molar-refractivity contribution is 5.81. The minimum Gasteiger partial charge on any atom is -0.0776 e. The Labute approximate surface area is 95.0 Å². The summed E-state index contributed by atoms with van der Waals surface area (Å²) in [5.41, 5.74) is 0. The smallest absolute Gasteiger partial charge is 0.0184 e. The van der Waals surface area contributed by atoms with Crippen molar-refractivity contribution in [1.82, 2.24) is 0 Å². The summed E-state index contributed by atoms with van der Waals surface area (Å²) in [5, 5.41) is 2.62. The van der Waals surface area contributed by atoms with Crippen molar-refractivity contribution in [3.05, 3.63) is 48.5 Å². The second kappa shape index (κ2) is 10.8. The molecule has 0 aromatic heterocycles. The first kappa shape index (κ1) is 16.1. The summed E-state index contributed by atoms with van der Waals surface area (Å²) in [6, 6.07) is 16.7. The molecule has 0 unspecified atom stereocenters. The van der Waals surface area contributed by atoms with Gasteiger partial charge >= 0.3 is 0 Å². The molecule has 0 heteroatoms. The second-order valence-corrected chi connectivity index (χ2v) is 2.35. The monoisotopic (exact) mass is 204 g/mol. The van der Waals surface area contributed by atoms with Crippen molar-refractivity contribution in [3.63, 3.8) is 0 Å². The van der Waals surface area contributed by atoms with E-state index in [9.17, 15) is 0 Å². The topological polar surface area (TPSA) is 0 Å². The fourth-order valence-electron chi connectivity index (χ4n) is 1.13. The predicted molar refractivity (Wildman–Crippen MR) is 73.4 cm³/mol. The number of fused-ring (bicyclic) bond motifs is 1. The lowest BCUT2D eigenvalue weighted by Gasteiger charge is -1.92. The van der Waals surface area contributed by atoms with E-state index in [1.807, 2.05) is 27.7 Å². The third kappa shape index (κ3) is 5.21. The summed E-state index contributed by atoms with van der Waals surface area (Å²) >= 11 is 0. The number of hydrogen-bond acceptors (Lipinski definition) is 0. The third-order valence-electron chi connectivity index (χ3n) is 1.66. The summed E-state index contributed by atoms with van der Waals surface area (Å²) in [6.45, 7) is 8.00. The number of benzene rings is 2. The molecule has 2 aromatic rings. The number of rotatable bonds is 0. The molecule has 15 heavy (non-hydrogen) atoms. The van der Waals surface area contributed by atoms with Crippen molar-refractivity contribution in [2.45, 2.75) is 35.1 Å². The minimum absolute atomic E-state index is 0. The Bertz CT molecular complexity index is 271. The van der Waals surface area contributed by atoms with Gasteiger partial charge in [0.15, 0.2) is 0 Å². The third-order valence-corrected chi connectivity index (χ3v) is 1.66. The van der Waals surface area contributed by atoms with Crippen LogP contribution in [0.15, 0.2) is 48.5 Å². The van der Waals surface area contributed by atoms with Gasteiger partial charge in [-0.15, -0.1) is 0 Å². The molecule has 0 radical (unpaired) electrons. The van der Waals surface area contributed by atoms with E-state index in [0.29, 0.717) is 0 Å². The molecule has 0 saturated carbocycles. The molecule has 0 atom stereocenters. The van der Waals surface area contributed by atoms with Crippen LogP contribution in [0.1, 0.15) is 35.1 Å². The standard InChI is InChI=1S/C10H8.2C2H6.CH4/c1-2-6-10-8-4-3-7-9(10)5-1;2*1-2;/h1-8H;2*1-2H3;1H4. The first-order valence-electron chi connectivity index (χ1n) is 5.40. The summed E-state index contributed by atoms with van der Waals surface area (Å²) in [6.07, 6.45) is 0. The summed E-state index contributed by atoms with van der Waals surface area (Å²) < 4.78 is 0. The first-order valence-corrected chi connectivity index (χ1v) is 5.40. The molecule has 84 valence electrons. The van der Waals surface area contributed by atoms with E-state index in [-0.39, 0.29) is 7.43 Å². The Morgan fingerprint density at radius 3 is 0.933 bits per heavy atom. The summed E-state index contributed by atoms with van der Waals surface area (Å²) in [5.74, 6) is 0. The van der Waals surface area contributed by atoms with Crippen molar-refractivity contribution in [2.24, 2.45) is 0 Å². The van der Waals surface area contributed by atoms with Gasteiger partial charge in [-0.25, -0.2) is 0 Å². The van der Waals surface area contributed by atoms with Crippen LogP contribution in [-0.4, -0.2) is 0 Å². The average Bonchev–Trinajstić information content (AvgIpc) is 2.34. The van der Waals surface area contributed by atoms with Gasteiger partial charge in [0.2, 0.25) is 0 Å². The van der Waals surface area contributed by atoms with E-state index in [4.69, 9.17) is 0 Å². The van der Waals surface area contributed by atoms with Gasteiger partial charge in [-0.05, 0) is 10.8 Å². The Morgan fingerprint density at radius 2 is 0.733 bits per heavy atom. The Kier molecular flexibility index (Phi) is 11.6. The largest absolute Gasteiger partial charge is 0.0776 e. The van der Waals surface area contributed by atoms with Gasteiger partial charge in [-0.2, -0.15) is 0 Å². The highest BCUT2D eigenvalue weighted by atomic mass is 13.9. The van der Waals surface area contributed by atoms with Gasteiger partial charge in [-0.3, -0.25) is 0 Å². The maximum absolute atomic E-state index is 2.12. The molecule has 0 spiro atoms. The Morgan fingerprint density at radius 1 is 0.533 bits per heavy atom. The SMILES string of the molecule is C.CC.CC.c1ccc2ccccc2c1. The number of hydrogen-bond donors (Lipinski definition) is 0. The molecular weight excluding hydrogens is 180 g/mol. The van der Waals surface area contributed by atoms with Crippen LogP contribution in [0.3, 0.4) is 0 Å². The quantitative estimate of drug-likeness (QED) is 0.529. The van der Waals surface area contributed by atoms with Crippen LogP contribution in [-0.2, 0) is 0 Å². The van der Waals surface area contributed by atoms with E-state index in [0.717, 1.165) is 0 Å². The van der Waals surface area contributed by atoms with Crippen LogP contribution < -0.4 is 0 Å². The Balaban J connectivity index is 0. The van der Waals surface area contributed by atoms with Crippen molar-refractivity contribution < 1.29 is 0 Å². The lowest BCUT2D eigenvalue weighted by atomic mass is 10.1. The van der Waals surface area contributed by atoms with E-state index in [1.165, 1.54) is 10.8 Å². The fraction of sp³-hybridized carbons (Fsp3) is 0.333. The van der Waals surface area contributed by atoms with E-state index in [2.05, 4.69) is 48.5 Å². The molecule has 0 amide bonds. The van der Waals surface area contributed by atoms with E-state index >= 15 is 0 Å². The lowest BCUT2D eigenvalue weighted by Crippen LogP contribution is -1.67. The zero-order valence-electron chi connectivity index (χ0n) is 9.62. The van der Waals surface area contributed by atoms with Crippen molar-refractivity contribution in [2.75, 3.05) is 0 Å². The maximum Gasteiger partial charge on any atom is -0.0184 e. The van der Waals surface area contributed by atoms with E-state index < -0.39 is 0 Å². The molecule has 0 heterocycles. The first-order chi connectivity index (χ1) is 6.97. The minimum atomic E-state index is 0.